The molecule has 4 aromatic rings. The first kappa shape index (κ1) is 20.8. The van der Waals surface area contributed by atoms with E-state index in [-0.39, 0.29) is 24.8 Å². The Labute approximate surface area is 185 Å². The molecule has 0 atom stereocenters. The molecule has 3 aromatic carbocycles. The zero-order valence-corrected chi connectivity index (χ0v) is 18.1. The summed E-state index contributed by atoms with van der Waals surface area (Å²) in [6.45, 7) is 4.25. The topological polar surface area (TPSA) is 64.0 Å². The van der Waals surface area contributed by atoms with E-state index < -0.39 is 0 Å². The fraction of sp³-hybridized carbons (Fsp3) is 0.160. The molecule has 5 nitrogen and oxygen atoms in total. The lowest BCUT2D eigenvalue weighted by atomic mass is 10.1. The maximum atomic E-state index is 12.9. The van der Waals surface area contributed by atoms with E-state index in [9.17, 15) is 9.59 Å². The van der Waals surface area contributed by atoms with Crippen LogP contribution in [0.3, 0.4) is 0 Å². The first-order chi connectivity index (χ1) is 14.9. The van der Waals surface area contributed by atoms with E-state index in [1.54, 1.807) is 24.3 Å². The van der Waals surface area contributed by atoms with Gasteiger partial charge >= 0.3 is 0 Å². The predicted molar refractivity (Wildman–Crippen MR) is 123 cm³/mol. The average Bonchev–Trinajstić information content (AvgIpc) is 3.10. The number of carbonyl (C=O) groups excluding carboxylic acids is 2. The number of ketones is 1. The SMILES string of the molecule is Cc1ccc(C(=O)NCc2nc3ccccc3n2CC(=O)c2ccc(Cl)cc2)c(C)c1. The Bertz CT molecular complexity index is 1280. The van der Waals surface area contributed by atoms with Gasteiger partial charge in [-0.05, 0) is 61.9 Å². The summed E-state index contributed by atoms with van der Waals surface area (Å²) in [4.78, 5) is 30.3. The number of carbonyl (C=O) groups is 2. The van der Waals surface area contributed by atoms with Gasteiger partial charge in [0.25, 0.3) is 5.91 Å². The fourth-order valence-corrected chi connectivity index (χ4v) is 3.76. The first-order valence-corrected chi connectivity index (χ1v) is 10.4. The van der Waals surface area contributed by atoms with E-state index in [1.807, 2.05) is 60.9 Å². The summed E-state index contributed by atoms with van der Waals surface area (Å²) in [6, 6.07) is 20.2. The van der Waals surface area contributed by atoms with Gasteiger partial charge in [0.2, 0.25) is 0 Å². The van der Waals surface area contributed by atoms with Crippen molar-refractivity contribution in [2.45, 2.75) is 26.9 Å². The number of halogens is 1. The lowest BCUT2D eigenvalue weighted by molar-refractivity contribution is 0.0949. The van der Waals surface area contributed by atoms with Crippen LogP contribution < -0.4 is 5.32 Å². The molecule has 0 saturated carbocycles. The van der Waals surface area contributed by atoms with Crippen molar-refractivity contribution in [3.05, 3.63) is 99.8 Å². The normalized spacial score (nSPS) is 10.9. The average molecular weight is 432 g/mol. The van der Waals surface area contributed by atoms with Crippen LogP contribution in [0.1, 0.15) is 37.7 Å². The summed E-state index contributed by atoms with van der Waals surface area (Å²) < 4.78 is 1.86. The third kappa shape index (κ3) is 4.52. The van der Waals surface area contributed by atoms with Gasteiger partial charge in [-0.2, -0.15) is 0 Å². The molecule has 0 aliphatic carbocycles. The number of rotatable bonds is 6. The van der Waals surface area contributed by atoms with Gasteiger partial charge in [-0.25, -0.2) is 4.98 Å². The molecule has 4 rings (SSSR count). The molecule has 1 heterocycles. The summed E-state index contributed by atoms with van der Waals surface area (Å²) in [5.41, 5.74) is 4.86. The smallest absolute Gasteiger partial charge is 0.251 e. The van der Waals surface area contributed by atoms with Crippen molar-refractivity contribution in [2.75, 3.05) is 0 Å². The highest BCUT2D eigenvalue weighted by molar-refractivity contribution is 6.30. The summed E-state index contributed by atoms with van der Waals surface area (Å²) in [7, 11) is 0. The maximum Gasteiger partial charge on any atom is 0.251 e. The monoisotopic (exact) mass is 431 g/mol. The zero-order valence-electron chi connectivity index (χ0n) is 17.4. The Kier molecular flexibility index (Phi) is 5.87. The molecule has 0 unspecified atom stereocenters. The highest BCUT2D eigenvalue weighted by Crippen LogP contribution is 2.18. The number of hydrogen-bond donors (Lipinski definition) is 1. The van der Waals surface area contributed by atoms with Crippen LogP contribution in [0.25, 0.3) is 11.0 Å². The molecular formula is C25H22ClN3O2. The predicted octanol–water partition coefficient (Wildman–Crippen LogP) is 5.12. The fourth-order valence-electron chi connectivity index (χ4n) is 3.63. The van der Waals surface area contributed by atoms with Crippen molar-refractivity contribution in [1.29, 1.82) is 0 Å². The minimum atomic E-state index is -0.167. The molecule has 0 spiro atoms. The van der Waals surface area contributed by atoms with Crippen molar-refractivity contribution in [3.63, 3.8) is 0 Å². The Morgan fingerprint density at radius 3 is 2.48 bits per heavy atom. The van der Waals surface area contributed by atoms with Crippen molar-refractivity contribution >= 4 is 34.3 Å². The van der Waals surface area contributed by atoms with Crippen molar-refractivity contribution < 1.29 is 9.59 Å². The first-order valence-electron chi connectivity index (χ1n) is 10.0. The van der Waals surface area contributed by atoms with Crippen LogP contribution in [-0.4, -0.2) is 21.2 Å². The third-order valence-corrected chi connectivity index (χ3v) is 5.49. The van der Waals surface area contributed by atoms with Gasteiger partial charge in [-0.3, -0.25) is 9.59 Å². The molecule has 6 heteroatoms. The molecule has 0 bridgehead atoms. The summed E-state index contributed by atoms with van der Waals surface area (Å²) in [5.74, 6) is 0.406. The number of benzene rings is 3. The van der Waals surface area contributed by atoms with Crippen LogP contribution in [0, 0.1) is 13.8 Å². The maximum absolute atomic E-state index is 12.9. The number of Topliss-reactive ketones (excluding diaryl/α,β-unsaturated/α-hetero) is 1. The highest BCUT2D eigenvalue weighted by atomic mass is 35.5. The molecule has 156 valence electrons. The van der Waals surface area contributed by atoms with Crippen LogP contribution >= 0.6 is 11.6 Å². The summed E-state index contributed by atoms with van der Waals surface area (Å²) in [6.07, 6.45) is 0. The van der Waals surface area contributed by atoms with Gasteiger partial charge in [0.1, 0.15) is 5.82 Å². The van der Waals surface area contributed by atoms with Gasteiger partial charge in [0.05, 0.1) is 24.1 Å². The van der Waals surface area contributed by atoms with Crippen molar-refractivity contribution in [2.24, 2.45) is 0 Å². The van der Waals surface area contributed by atoms with Crippen LogP contribution in [-0.2, 0) is 13.1 Å². The molecule has 0 aliphatic heterocycles. The number of nitrogens with zero attached hydrogens (tertiary/aromatic N) is 2. The highest BCUT2D eigenvalue weighted by Gasteiger charge is 2.16. The minimum Gasteiger partial charge on any atom is -0.345 e. The molecule has 1 N–H and O–H groups in total. The van der Waals surface area contributed by atoms with Gasteiger partial charge in [-0.1, -0.05) is 41.4 Å². The standard InChI is InChI=1S/C25H22ClN3O2/c1-16-7-12-20(17(2)13-16)25(31)27-14-24-28-21-5-3-4-6-22(21)29(24)15-23(30)18-8-10-19(26)11-9-18/h3-13H,14-15H2,1-2H3,(H,27,31). The number of aryl methyl sites for hydroxylation is 2. The zero-order chi connectivity index (χ0) is 22.0. The van der Waals surface area contributed by atoms with Gasteiger partial charge in [-0.15, -0.1) is 0 Å². The number of aromatic nitrogens is 2. The molecule has 31 heavy (non-hydrogen) atoms. The number of nitrogens with one attached hydrogen (secondary N) is 1. The minimum absolute atomic E-state index is 0.0539. The Morgan fingerprint density at radius 2 is 1.74 bits per heavy atom. The Morgan fingerprint density at radius 1 is 1.00 bits per heavy atom. The Balaban J connectivity index is 1.59. The third-order valence-electron chi connectivity index (χ3n) is 5.24. The molecule has 1 aromatic heterocycles. The second kappa shape index (κ2) is 8.74. The van der Waals surface area contributed by atoms with E-state index in [4.69, 9.17) is 11.6 Å². The van der Waals surface area contributed by atoms with Crippen LogP contribution in [0.5, 0.6) is 0 Å². The van der Waals surface area contributed by atoms with E-state index >= 15 is 0 Å². The van der Waals surface area contributed by atoms with E-state index in [0.29, 0.717) is 22.0 Å². The second-order valence-electron chi connectivity index (χ2n) is 7.53. The second-order valence-corrected chi connectivity index (χ2v) is 7.97. The summed E-state index contributed by atoms with van der Waals surface area (Å²) >= 11 is 5.94. The quantitative estimate of drug-likeness (QED) is 0.431. The number of para-hydroxylation sites is 2. The largest absolute Gasteiger partial charge is 0.345 e. The Hall–Kier alpha value is -3.44. The molecule has 0 radical (unpaired) electrons. The lowest BCUT2D eigenvalue weighted by Gasteiger charge is -2.11. The van der Waals surface area contributed by atoms with Gasteiger partial charge < -0.3 is 9.88 Å². The molecule has 0 fully saturated rings. The van der Waals surface area contributed by atoms with Gasteiger partial charge in [0, 0.05) is 16.1 Å². The number of hydrogen-bond acceptors (Lipinski definition) is 3. The molecule has 1 amide bonds. The van der Waals surface area contributed by atoms with Gasteiger partial charge in [0.15, 0.2) is 5.78 Å². The number of fused-ring (bicyclic) bond motifs is 1. The lowest BCUT2D eigenvalue weighted by Crippen LogP contribution is -2.26. The molecule has 0 saturated heterocycles. The molecular weight excluding hydrogens is 410 g/mol. The van der Waals surface area contributed by atoms with Crippen LogP contribution in [0.4, 0.5) is 0 Å². The van der Waals surface area contributed by atoms with E-state index in [2.05, 4.69) is 10.3 Å². The number of amides is 1. The van der Waals surface area contributed by atoms with E-state index in [1.165, 1.54) is 0 Å². The van der Waals surface area contributed by atoms with Crippen LogP contribution in [0.15, 0.2) is 66.7 Å². The van der Waals surface area contributed by atoms with Crippen LogP contribution in [0.2, 0.25) is 5.02 Å². The summed E-state index contributed by atoms with van der Waals surface area (Å²) in [5, 5.41) is 3.53. The van der Waals surface area contributed by atoms with E-state index in [0.717, 1.165) is 22.2 Å². The molecule has 0 aliphatic rings. The van der Waals surface area contributed by atoms with Crippen molar-refractivity contribution in [1.82, 2.24) is 14.9 Å². The van der Waals surface area contributed by atoms with Crippen molar-refractivity contribution in [3.8, 4) is 0 Å². The number of imidazole rings is 1.